The van der Waals surface area contributed by atoms with Crippen molar-refractivity contribution >= 4 is 23.2 Å². The molecule has 0 aliphatic carbocycles. The first-order valence-electron chi connectivity index (χ1n) is 9.50. The summed E-state index contributed by atoms with van der Waals surface area (Å²) >= 11 is 0. The van der Waals surface area contributed by atoms with Crippen LogP contribution >= 0.6 is 0 Å². The molecule has 1 atom stereocenters. The number of likely N-dealkylation sites (tertiary alicyclic amines) is 1. The monoisotopic (exact) mass is 357 g/mol. The number of amides is 2. The second kappa shape index (κ2) is 6.27. The number of rotatable bonds is 1. The smallest absolute Gasteiger partial charge is 0.250 e. The summed E-state index contributed by atoms with van der Waals surface area (Å²) in [5, 5.41) is 6.46. The van der Waals surface area contributed by atoms with Gasteiger partial charge in [0, 0.05) is 25.6 Å². The number of fused-ring (bicyclic) bond motifs is 1. The Morgan fingerprint density at radius 2 is 1.88 bits per heavy atom. The highest BCUT2D eigenvalue weighted by Crippen LogP contribution is 2.37. The molecule has 1 unspecified atom stereocenters. The lowest BCUT2D eigenvalue weighted by molar-refractivity contribution is -0.147. The Hall–Kier alpha value is -2.08. The van der Waals surface area contributed by atoms with Gasteiger partial charge in [0.2, 0.25) is 11.8 Å². The van der Waals surface area contributed by atoms with Gasteiger partial charge in [0.15, 0.2) is 0 Å². The first-order chi connectivity index (χ1) is 12.4. The number of hydrogen-bond acceptors (Lipinski definition) is 4. The Morgan fingerprint density at radius 3 is 2.58 bits per heavy atom. The number of carbonyl (C=O) groups excluding carboxylic acids is 2. The van der Waals surface area contributed by atoms with Gasteiger partial charge in [-0.3, -0.25) is 9.59 Å². The van der Waals surface area contributed by atoms with E-state index in [4.69, 9.17) is 4.74 Å². The standard InChI is InChI=1S/C20H27N3O3/c1-19(2)13-14(7-12-26-19)17(24)23-10-8-20(9-11-23)18(25)21-15-5-3-4-6-16(15)22-20/h3-6,14,22H,7-13H2,1-2H3,(H,21,25). The summed E-state index contributed by atoms with van der Waals surface area (Å²) in [6.07, 6.45) is 2.81. The van der Waals surface area contributed by atoms with Gasteiger partial charge in [-0.1, -0.05) is 12.1 Å². The third-order valence-electron chi connectivity index (χ3n) is 5.96. The number of nitrogens with zero attached hydrogens (tertiary/aromatic N) is 1. The summed E-state index contributed by atoms with van der Waals surface area (Å²) in [7, 11) is 0. The van der Waals surface area contributed by atoms with E-state index in [1.807, 2.05) is 43.0 Å². The second-order valence-electron chi connectivity index (χ2n) is 8.33. The summed E-state index contributed by atoms with van der Waals surface area (Å²) in [5.41, 5.74) is 0.939. The van der Waals surface area contributed by atoms with Crippen molar-refractivity contribution in [1.29, 1.82) is 0 Å². The van der Waals surface area contributed by atoms with Gasteiger partial charge in [-0.25, -0.2) is 0 Å². The molecule has 2 saturated heterocycles. The van der Waals surface area contributed by atoms with Crippen molar-refractivity contribution in [2.45, 2.75) is 50.7 Å². The molecule has 2 N–H and O–H groups in total. The molecule has 1 aromatic rings. The van der Waals surface area contributed by atoms with Crippen molar-refractivity contribution in [3.8, 4) is 0 Å². The highest BCUT2D eigenvalue weighted by Gasteiger charge is 2.46. The number of anilines is 2. The van der Waals surface area contributed by atoms with E-state index in [9.17, 15) is 9.59 Å². The number of ether oxygens (including phenoxy) is 1. The number of carbonyl (C=O) groups is 2. The zero-order valence-electron chi connectivity index (χ0n) is 15.5. The van der Waals surface area contributed by atoms with Crippen molar-refractivity contribution < 1.29 is 14.3 Å². The summed E-state index contributed by atoms with van der Waals surface area (Å²) in [6, 6.07) is 7.76. The van der Waals surface area contributed by atoms with E-state index in [0.717, 1.165) is 24.2 Å². The van der Waals surface area contributed by atoms with Crippen molar-refractivity contribution in [2.24, 2.45) is 5.92 Å². The predicted molar refractivity (Wildman–Crippen MR) is 100.0 cm³/mol. The third-order valence-corrected chi connectivity index (χ3v) is 5.96. The van der Waals surface area contributed by atoms with Gasteiger partial charge in [-0.15, -0.1) is 0 Å². The molecule has 3 aliphatic rings. The molecular formula is C20H27N3O3. The highest BCUT2D eigenvalue weighted by atomic mass is 16.5. The average Bonchev–Trinajstić information content (AvgIpc) is 2.62. The normalized spacial score (nSPS) is 26.6. The number of piperidine rings is 1. The SMILES string of the molecule is CC1(C)CC(C(=O)N2CCC3(CC2)Nc2ccccc2NC3=O)CCO1. The molecule has 1 spiro atoms. The van der Waals surface area contributed by atoms with E-state index in [1.165, 1.54) is 0 Å². The van der Waals surface area contributed by atoms with E-state index in [-0.39, 0.29) is 23.3 Å². The molecule has 6 nitrogen and oxygen atoms in total. The van der Waals surface area contributed by atoms with Crippen LogP contribution in [0.2, 0.25) is 0 Å². The summed E-state index contributed by atoms with van der Waals surface area (Å²) in [4.78, 5) is 27.6. The van der Waals surface area contributed by atoms with E-state index in [1.54, 1.807) is 0 Å². The molecule has 3 aliphatic heterocycles. The molecule has 6 heteroatoms. The molecule has 0 aromatic heterocycles. The molecule has 4 rings (SSSR count). The minimum absolute atomic E-state index is 0.00972. The zero-order chi connectivity index (χ0) is 18.4. The van der Waals surface area contributed by atoms with E-state index < -0.39 is 5.54 Å². The van der Waals surface area contributed by atoms with Gasteiger partial charge in [-0.2, -0.15) is 0 Å². The van der Waals surface area contributed by atoms with Crippen LogP contribution in [0.25, 0.3) is 0 Å². The van der Waals surface area contributed by atoms with Crippen LogP contribution in [-0.2, 0) is 14.3 Å². The molecule has 2 fully saturated rings. The maximum atomic E-state index is 12.9. The molecule has 26 heavy (non-hydrogen) atoms. The molecule has 0 bridgehead atoms. The minimum atomic E-state index is -0.611. The molecule has 0 radical (unpaired) electrons. The van der Waals surface area contributed by atoms with Crippen LogP contribution < -0.4 is 10.6 Å². The zero-order valence-corrected chi connectivity index (χ0v) is 15.5. The number of benzene rings is 1. The lowest BCUT2D eigenvalue weighted by Crippen LogP contribution is -2.59. The average molecular weight is 357 g/mol. The fourth-order valence-corrected chi connectivity index (χ4v) is 4.42. The Bertz CT molecular complexity index is 723. The molecule has 140 valence electrons. The van der Waals surface area contributed by atoms with Crippen LogP contribution in [0, 0.1) is 5.92 Å². The maximum Gasteiger partial charge on any atom is 0.250 e. The van der Waals surface area contributed by atoms with Crippen molar-refractivity contribution in [3.05, 3.63) is 24.3 Å². The lowest BCUT2D eigenvalue weighted by atomic mass is 9.82. The summed E-state index contributed by atoms with van der Waals surface area (Å²) < 4.78 is 5.74. The van der Waals surface area contributed by atoms with E-state index >= 15 is 0 Å². The van der Waals surface area contributed by atoms with Gasteiger partial charge < -0.3 is 20.3 Å². The summed E-state index contributed by atoms with van der Waals surface area (Å²) in [6.45, 7) is 5.96. The topological polar surface area (TPSA) is 70.7 Å². The highest BCUT2D eigenvalue weighted by molar-refractivity contribution is 6.06. The third kappa shape index (κ3) is 3.07. The van der Waals surface area contributed by atoms with Crippen LogP contribution in [0.4, 0.5) is 11.4 Å². The molecular weight excluding hydrogens is 330 g/mol. The lowest BCUT2D eigenvalue weighted by Gasteiger charge is -2.45. The molecule has 0 saturated carbocycles. The molecule has 1 aromatic carbocycles. The van der Waals surface area contributed by atoms with Crippen molar-refractivity contribution in [1.82, 2.24) is 4.90 Å². The number of hydrogen-bond donors (Lipinski definition) is 2. The fraction of sp³-hybridized carbons (Fsp3) is 0.600. The van der Waals surface area contributed by atoms with Crippen LogP contribution in [0.5, 0.6) is 0 Å². The Balaban J connectivity index is 1.43. The Morgan fingerprint density at radius 1 is 1.19 bits per heavy atom. The van der Waals surface area contributed by atoms with Crippen molar-refractivity contribution in [3.63, 3.8) is 0 Å². The van der Waals surface area contributed by atoms with Crippen LogP contribution in [0.3, 0.4) is 0 Å². The van der Waals surface area contributed by atoms with Crippen LogP contribution in [-0.4, -0.2) is 47.6 Å². The maximum absolute atomic E-state index is 12.9. The van der Waals surface area contributed by atoms with Gasteiger partial charge in [-0.05, 0) is 51.7 Å². The Labute approximate surface area is 154 Å². The number of para-hydroxylation sites is 2. The summed E-state index contributed by atoms with van der Waals surface area (Å²) in [5.74, 6) is 0.255. The van der Waals surface area contributed by atoms with Gasteiger partial charge in [0.05, 0.1) is 17.0 Å². The van der Waals surface area contributed by atoms with Crippen molar-refractivity contribution in [2.75, 3.05) is 30.3 Å². The fourth-order valence-electron chi connectivity index (χ4n) is 4.42. The first-order valence-corrected chi connectivity index (χ1v) is 9.50. The second-order valence-corrected chi connectivity index (χ2v) is 8.33. The predicted octanol–water partition coefficient (Wildman–Crippen LogP) is 2.62. The van der Waals surface area contributed by atoms with E-state index in [0.29, 0.717) is 32.5 Å². The van der Waals surface area contributed by atoms with Crippen LogP contribution in [0.1, 0.15) is 39.5 Å². The Kier molecular flexibility index (Phi) is 4.18. The van der Waals surface area contributed by atoms with E-state index in [2.05, 4.69) is 10.6 Å². The minimum Gasteiger partial charge on any atom is -0.376 e. The van der Waals surface area contributed by atoms with Gasteiger partial charge >= 0.3 is 0 Å². The van der Waals surface area contributed by atoms with Gasteiger partial charge in [0.1, 0.15) is 5.54 Å². The largest absolute Gasteiger partial charge is 0.376 e. The molecule has 3 heterocycles. The van der Waals surface area contributed by atoms with Crippen LogP contribution in [0.15, 0.2) is 24.3 Å². The van der Waals surface area contributed by atoms with Gasteiger partial charge in [0.25, 0.3) is 0 Å². The first kappa shape index (κ1) is 17.3. The quantitative estimate of drug-likeness (QED) is 0.811. The molecule has 2 amide bonds. The number of nitrogens with one attached hydrogen (secondary N) is 2.